The number of ether oxygens (including phenoxy) is 1. The van der Waals surface area contributed by atoms with Crippen molar-refractivity contribution in [1.29, 1.82) is 0 Å². The van der Waals surface area contributed by atoms with Crippen LogP contribution in [0.25, 0.3) is 0 Å². The lowest BCUT2D eigenvalue weighted by molar-refractivity contribution is -0.119. The van der Waals surface area contributed by atoms with E-state index in [-0.39, 0.29) is 12.5 Å². The zero-order valence-corrected chi connectivity index (χ0v) is 14.8. The first-order chi connectivity index (χ1) is 12.1. The highest BCUT2D eigenvalue weighted by atomic mass is 32.2. The SMILES string of the molecule is Cc1ccccc1NC(=O)[C@@H]1CSCN1C(=O)OCc1ccccc1. The first-order valence-corrected chi connectivity index (χ1v) is 9.22. The number of amides is 2. The minimum atomic E-state index is -0.520. The summed E-state index contributed by atoms with van der Waals surface area (Å²) >= 11 is 1.55. The molecule has 1 fully saturated rings. The number of carbonyl (C=O) groups excluding carboxylic acids is 2. The molecule has 25 heavy (non-hydrogen) atoms. The molecule has 6 heteroatoms. The lowest BCUT2D eigenvalue weighted by Crippen LogP contribution is -2.44. The third-order valence-corrected chi connectivity index (χ3v) is 5.04. The molecule has 1 heterocycles. The van der Waals surface area contributed by atoms with Gasteiger partial charge in [-0.25, -0.2) is 4.79 Å². The van der Waals surface area contributed by atoms with Gasteiger partial charge >= 0.3 is 6.09 Å². The number of carbonyl (C=O) groups is 2. The lowest BCUT2D eigenvalue weighted by atomic mass is 10.2. The van der Waals surface area contributed by atoms with Gasteiger partial charge in [-0.3, -0.25) is 9.69 Å². The van der Waals surface area contributed by atoms with Crippen LogP contribution >= 0.6 is 11.8 Å². The molecule has 1 atom stereocenters. The Morgan fingerprint density at radius 2 is 1.88 bits per heavy atom. The smallest absolute Gasteiger partial charge is 0.411 e. The maximum absolute atomic E-state index is 12.6. The fourth-order valence-electron chi connectivity index (χ4n) is 2.57. The van der Waals surface area contributed by atoms with Crippen LogP contribution < -0.4 is 5.32 Å². The first-order valence-electron chi connectivity index (χ1n) is 8.06. The van der Waals surface area contributed by atoms with Gasteiger partial charge in [0.15, 0.2) is 0 Å². The van der Waals surface area contributed by atoms with Crippen molar-refractivity contribution >= 4 is 29.4 Å². The van der Waals surface area contributed by atoms with Gasteiger partial charge in [0.1, 0.15) is 12.6 Å². The summed E-state index contributed by atoms with van der Waals surface area (Å²) in [4.78, 5) is 26.4. The van der Waals surface area contributed by atoms with E-state index in [4.69, 9.17) is 4.74 Å². The van der Waals surface area contributed by atoms with E-state index in [1.807, 2.05) is 61.5 Å². The molecule has 1 aliphatic rings. The van der Waals surface area contributed by atoms with Crippen molar-refractivity contribution in [3.8, 4) is 0 Å². The quantitative estimate of drug-likeness (QED) is 0.908. The van der Waals surface area contributed by atoms with Crippen molar-refractivity contribution in [2.75, 3.05) is 16.9 Å². The highest BCUT2D eigenvalue weighted by Crippen LogP contribution is 2.24. The molecule has 1 aliphatic heterocycles. The summed E-state index contributed by atoms with van der Waals surface area (Å²) in [7, 11) is 0. The van der Waals surface area contributed by atoms with Crippen LogP contribution in [-0.2, 0) is 16.1 Å². The van der Waals surface area contributed by atoms with Gasteiger partial charge in [0.05, 0.1) is 5.88 Å². The van der Waals surface area contributed by atoms with Crippen LogP contribution in [0.1, 0.15) is 11.1 Å². The maximum Gasteiger partial charge on any atom is 0.411 e. The number of hydrogen-bond donors (Lipinski definition) is 1. The standard InChI is InChI=1S/C19H20N2O3S/c1-14-7-5-6-10-16(14)20-18(22)17-12-25-13-21(17)19(23)24-11-15-8-3-2-4-9-15/h2-10,17H,11-13H2,1H3,(H,20,22)/t17-/m0/s1. The minimum absolute atomic E-state index is 0.184. The second-order valence-corrected chi connectivity index (χ2v) is 6.83. The Bertz CT molecular complexity index is 751. The summed E-state index contributed by atoms with van der Waals surface area (Å²) < 4.78 is 5.36. The molecule has 1 saturated heterocycles. The predicted octanol–water partition coefficient (Wildman–Crippen LogP) is 3.65. The number of benzene rings is 2. The van der Waals surface area contributed by atoms with E-state index < -0.39 is 12.1 Å². The normalized spacial score (nSPS) is 16.5. The molecular weight excluding hydrogens is 336 g/mol. The average molecular weight is 356 g/mol. The highest BCUT2D eigenvalue weighted by Gasteiger charge is 2.35. The van der Waals surface area contributed by atoms with Gasteiger partial charge in [-0.2, -0.15) is 0 Å². The first kappa shape index (κ1) is 17.4. The number of aryl methyl sites for hydroxylation is 1. The van der Waals surface area contributed by atoms with Gasteiger partial charge < -0.3 is 10.1 Å². The Kier molecular flexibility index (Phi) is 5.60. The number of para-hydroxylation sites is 1. The van der Waals surface area contributed by atoms with E-state index >= 15 is 0 Å². The molecule has 0 saturated carbocycles. The fourth-order valence-corrected chi connectivity index (χ4v) is 3.71. The van der Waals surface area contributed by atoms with Crippen LogP contribution in [0.4, 0.5) is 10.5 Å². The zero-order chi connectivity index (χ0) is 17.6. The van der Waals surface area contributed by atoms with Gasteiger partial charge in [0, 0.05) is 11.4 Å². The summed E-state index contributed by atoms with van der Waals surface area (Å²) in [6.07, 6.45) is -0.459. The molecule has 0 unspecified atom stereocenters. The van der Waals surface area contributed by atoms with Crippen molar-refractivity contribution in [3.63, 3.8) is 0 Å². The second-order valence-electron chi connectivity index (χ2n) is 5.83. The number of rotatable bonds is 4. The molecule has 130 valence electrons. The Labute approximate surface area is 151 Å². The molecule has 2 amide bonds. The van der Waals surface area contributed by atoms with E-state index in [0.717, 1.165) is 16.8 Å². The molecule has 2 aromatic rings. The van der Waals surface area contributed by atoms with Crippen molar-refractivity contribution < 1.29 is 14.3 Å². The van der Waals surface area contributed by atoms with Crippen LogP contribution in [0, 0.1) is 6.92 Å². The van der Waals surface area contributed by atoms with Crippen molar-refractivity contribution in [3.05, 3.63) is 65.7 Å². The zero-order valence-electron chi connectivity index (χ0n) is 14.0. The Hall–Kier alpha value is -2.47. The largest absolute Gasteiger partial charge is 0.445 e. The van der Waals surface area contributed by atoms with Gasteiger partial charge in [0.2, 0.25) is 5.91 Å². The third kappa shape index (κ3) is 4.33. The molecular formula is C19H20N2O3S. The Morgan fingerprint density at radius 3 is 2.64 bits per heavy atom. The Morgan fingerprint density at radius 1 is 1.16 bits per heavy atom. The van der Waals surface area contributed by atoms with Crippen LogP contribution in [0.15, 0.2) is 54.6 Å². The molecule has 0 bridgehead atoms. The molecule has 2 aromatic carbocycles. The van der Waals surface area contributed by atoms with Gasteiger partial charge in [-0.05, 0) is 24.1 Å². The van der Waals surface area contributed by atoms with Crippen LogP contribution in [-0.4, -0.2) is 34.6 Å². The van der Waals surface area contributed by atoms with Crippen molar-refractivity contribution in [1.82, 2.24) is 4.90 Å². The van der Waals surface area contributed by atoms with Crippen LogP contribution in [0.2, 0.25) is 0 Å². The van der Waals surface area contributed by atoms with E-state index in [2.05, 4.69) is 5.32 Å². The second kappa shape index (κ2) is 8.07. The van der Waals surface area contributed by atoms with E-state index in [1.54, 1.807) is 11.8 Å². The van der Waals surface area contributed by atoms with Crippen molar-refractivity contribution in [2.45, 2.75) is 19.6 Å². The van der Waals surface area contributed by atoms with E-state index in [9.17, 15) is 9.59 Å². The molecule has 0 radical (unpaired) electrons. The molecule has 0 aromatic heterocycles. The highest BCUT2D eigenvalue weighted by molar-refractivity contribution is 7.99. The van der Waals surface area contributed by atoms with Crippen LogP contribution in [0.3, 0.4) is 0 Å². The maximum atomic E-state index is 12.6. The molecule has 0 aliphatic carbocycles. The summed E-state index contributed by atoms with van der Waals surface area (Å²) in [5, 5.41) is 2.91. The average Bonchev–Trinajstić information content (AvgIpc) is 3.12. The van der Waals surface area contributed by atoms with E-state index in [0.29, 0.717) is 11.6 Å². The van der Waals surface area contributed by atoms with Crippen LogP contribution in [0.5, 0.6) is 0 Å². The summed E-state index contributed by atoms with van der Waals surface area (Å²) in [6.45, 7) is 2.14. The van der Waals surface area contributed by atoms with Gasteiger partial charge in [-0.15, -0.1) is 11.8 Å². The Balaban J connectivity index is 1.60. The summed E-state index contributed by atoms with van der Waals surface area (Å²) in [5.41, 5.74) is 2.67. The molecule has 3 rings (SSSR count). The minimum Gasteiger partial charge on any atom is -0.445 e. The number of nitrogens with one attached hydrogen (secondary N) is 1. The molecule has 1 N–H and O–H groups in total. The number of thioether (sulfide) groups is 1. The van der Waals surface area contributed by atoms with Crippen molar-refractivity contribution in [2.24, 2.45) is 0 Å². The number of nitrogens with zero attached hydrogens (tertiary/aromatic N) is 1. The summed E-state index contributed by atoms with van der Waals surface area (Å²) in [6, 6.07) is 16.6. The third-order valence-electron chi connectivity index (χ3n) is 4.03. The lowest BCUT2D eigenvalue weighted by Gasteiger charge is -2.22. The number of anilines is 1. The molecule has 0 spiro atoms. The van der Waals surface area contributed by atoms with Gasteiger partial charge in [0.25, 0.3) is 0 Å². The number of hydrogen-bond acceptors (Lipinski definition) is 4. The predicted molar refractivity (Wildman–Crippen MR) is 99.4 cm³/mol. The van der Waals surface area contributed by atoms with Gasteiger partial charge in [-0.1, -0.05) is 48.5 Å². The summed E-state index contributed by atoms with van der Waals surface area (Å²) in [5.74, 6) is 0.841. The van der Waals surface area contributed by atoms with E-state index in [1.165, 1.54) is 4.90 Å². The monoisotopic (exact) mass is 356 g/mol. The topological polar surface area (TPSA) is 58.6 Å². The molecule has 5 nitrogen and oxygen atoms in total. The fraction of sp³-hybridized carbons (Fsp3) is 0.263.